The summed E-state index contributed by atoms with van der Waals surface area (Å²) < 4.78 is 6.03. The Hall–Kier alpha value is -2.46. The van der Waals surface area contributed by atoms with E-state index in [1.165, 1.54) is 17.1 Å². The molecule has 0 aromatic heterocycles. The van der Waals surface area contributed by atoms with Crippen LogP contribution in [0.25, 0.3) is 10.8 Å². The third-order valence-electron chi connectivity index (χ3n) is 3.30. The first kappa shape index (κ1) is 14.5. The van der Waals surface area contributed by atoms with E-state index in [0.29, 0.717) is 5.75 Å². The summed E-state index contributed by atoms with van der Waals surface area (Å²) in [7, 11) is 0. The third kappa shape index (κ3) is 3.40. The van der Waals surface area contributed by atoms with E-state index in [9.17, 15) is 0 Å². The number of rotatable bonds is 4. The molecular formula is C18H16N2OS. The average Bonchev–Trinajstić information content (AvgIpc) is 2.54. The molecule has 0 amide bonds. The molecule has 0 spiro atoms. The van der Waals surface area contributed by atoms with E-state index in [4.69, 9.17) is 15.9 Å². The fraction of sp³-hybridized carbons (Fsp3) is 0.0556. The van der Waals surface area contributed by atoms with E-state index in [1.54, 1.807) is 0 Å². The second-order valence-corrected chi connectivity index (χ2v) is 5.89. The first-order chi connectivity index (χ1) is 10.7. The number of thioether (sulfide) groups is 1. The lowest BCUT2D eigenvalue weighted by molar-refractivity contribution is 0.479. The van der Waals surface area contributed by atoms with Crippen molar-refractivity contribution >= 4 is 27.7 Å². The zero-order valence-electron chi connectivity index (χ0n) is 12.0. The van der Waals surface area contributed by atoms with Crippen molar-refractivity contribution in [3.05, 3.63) is 72.3 Å². The van der Waals surface area contributed by atoms with Gasteiger partial charge in [0, 0.05) is 11.3 Å². The maximum absolute atomic E-state index is 7.33. The van der Waals surface area contributed by atoms with Crippen molar-refractivity contribution in [2.24, 2.45) is 5.73 Å². The summed E-state index contributed by atoms with van der Waals surface area (Å²) in [4.78, 5) is 0. The van der Waals surface area contributed by atoms with Gasteiger partial charge in [0.2, 0.25) is 0 Å². The van der Waals surface area contributed by atoms with Gasteiger partial charge in [0.05, 0.1) is 0 Å². The lowest BCUT2D eigenvalue weighted by atomic mass is 10.1. The number of nitrogens with two attached hydrogens (primary N) is 1. The maximum Gasteiger partial charge on any atom is 0.151 e. The van der Waals surface area contributed by atoms with E-state index in [0.717, 1.165) is 22.4 Å². The second-order valence-electron chi connectivity index (χ2n) is 4.87. The van der Waals surface area contributed by atoms with E-state index in [2.05, 4.69) is 18.2 Å². The smallest absolute Gasteiger partial charge is 0.151 e. The summed E-state index contributed by atoms with van der Waals surface area (Å²) in [5.41, 5.74) is 6.43. The average molecular weight is 308 g/mol. The number of benzene rings is 3. The van der Waals surface area contributed by atoms with Crippen molar-refractivity contribution in [2.75, 3.05) is 0 Å². The molecule has 0 radical (unpaired) electrons. The molecule has 0 fully saturated rings. The molecule has 0 saturated heterocycles. The molecule has 0 atom stereocenters. The Morgan fingerprint density at radius 2 is 1.68 bits per heavy atom. The van der Waals surface area contributed by atoms with E-state index >= 15 is 0 Å². The van der Waals surface area contributed by atoms with Crippen LogP contribution in [0.2, 0.25) is 0 Å². The minimum atomic E-state index is 0.112. The second kappa shape index (κ2) is 6.54. The van der Waals surface area contributed by atoms with E-state index in [1.807, 2.05) is 48.5 Å². The van der Waals surface area contributed by atoms with Crippen LogP contribution in [0.1, 0.15) is 5.56 Å². The van der Waals surface area contributed by atoms with Crippen LogP contribution < -0.4 is 10.5 Å². The van der Waals surface area contributed by atoms with Crippen LogP contribution in [0.15, 0.2) is 66.7 Å². The summed E-state index contributed by atoms with van der Waals surface area (Å²) in [5, 5.41) is 9.78. The SMILES string of the molecule is N=C(N)SCc1ccccc1Oc1ccc2ccccc2c1. The first-order valence-corrected chi connectivity index (χ1v) is 7.92. The van der Waals surface area contributed by atoms with Gasteiger partial charge in [-0.1, -0.05) is 60.3 Å². The Bertz CT molecular complexity index is 817. The van der Waals surface area contributed by atoms with Gasteiger partial charge in [-0.15, -0.1) is 0 Å². The predicted molar refractivity (Wildman–Crippen MR) is 93.7 cm³/mol. The number of fused-ring (bicyclic) bond motifs is 1. The summed E-state index contributed by atoms with van der Waals surface area (Å²) in [5.74, 6) is 2.23. The molecule has 3 rings (SSSR count). The topological polar surface area (TPSA) is 59.1 Å². The zero-order valence-corrected chi connectivity index (χ0v) is 12.8. The summed E-state index contributed by atoms with van der Waals surface area (Å²) in [6.07, 6.45) is 0. The molecule has 3 aromatic carbocycles. The number of para-hydroxylation sites is 1. The molecule has 3 aromatic rings. The third-order valence-corrected chi connectivity index (χ3v) is 4.07. The molecule has 3 nitrogen and oxygen atoms in total. The highest BCUT2D eigenvalue weighted by Crippen LogP contribution is 2.29. The molecule has 3 N–H and O–H groups in total. The van der Waals surface area contributed by atoms with Crippen LogP contribution in [0, 0.1) is 5.41 Å². The molecule has 22 heavy (non-hydrogen) atoms. The van der Waals surface area contributed by atoms with E-state index < -0.39 is 0 Å². The van der Waals surface area contributed by atoms with Crippen molar-refractivity contribution in [3.8, 4) is 11.5 Å². The van der Waals surface area contributed by atoms with Crippen molar-refractivity contribution in [3.63, 3.8) is 0 Å². The van der Waals surface area contributed by atoms with Crippen LogP contribution in [0.5, 0.6) is 11.5 Å². The Morgan fingerprint density at radius 3 is 2.50 bits per heavy atom. The van der Waals surface area contributed by atoms with Crippen molar-refractivity contribution in [1.29, 1.82) is 5.41 Å². The molecule has 4 heteroatoms. The zero-order chi connectivity index (χ0) is 15.4. The number of nitrogens with one attached hydrogen (secondary N) is 1. The van der Waals surface area contributed by atoms with Crippen molar-refractivity contribution in [1.82, 2.24) is 0 Å². The van der Waals surface area contributed by atoms with Crippen LogP contribution >= 0.6 is 11.8 Å². The van der Waals surface area contributed by atoms with Gasteiger partial charge >= 0.3 is 0 Å². The Morgan fingerprint density at radius 1 is 0.955 bits per heavy atom. The van der Waals surface area contributed by atoms with Crippen LogP contribution in [0.4, 0.5) is 0 Å². The molecule has 110 valence electrons. The van der Waals surface area contributed by atoms with Gasteiger partial charge in [-0.2, -0.15) is 0 Å². The van der Waals surface area contributed by atoms with Crippen molar-refractivity contribution < 1.29 is 4.74 Å². The number of hydrogen-bond acceptors (Lipinski definition) is 3. The monoisotopic (exact) mass is 308 g/mol. The Labute approximate surface area is 133 Å². The maximum atomic E-state index is 7.33. The minimum Gasteiger partial charge on any atom is -0.457 e. The predicted octanol–water partition coefficient (Wildman–Crippen LogP) is 4.76. The van der Waals surface area contributed by atoms with Gasteiger partial charge in [-0.05, 0) is 29.0 Å². The first-order valence-electron chi connectivity index (χ1n) is 6.94. The number of ether oxygens (including phenoxy) is 1. The molecule has 0 heterocycles. The molecule has 0 aliphatic carbocycles. The molecule has 0 saturated carbocycles. The number of hydrogen-bond donors (Lipinski definition) is 2. The van der Waals surface area contributed by atoms with E-state index in [-0.39, 0.29) is 5.17 Å². The van der Waals surface area contributed by atoms with Gasteiger partial charge in [0.25, 0.3) is 0 Å². The highest BCUT2D eigenvalue weighted by molar-refractivity contribution is 8.13. The van der Waals surface area contributed by atoms with Gasteiger partial charge in [0.1, 0.15) is 11.5 Å². The highest BCUT2D eigenvalue weighted by atomic mass is 32.2. The molecule has 0 unspecified atom stereocenters. The Kier molecular flexibility index (Phi) is 4.30. The van der Waals surface area contributed by atoms with Crippen LogP contribution in [0.3, 0.4) is 0 Å². The molecule has 0 bridgehead atoms. The fourth-order valence-electron chi connectivity index (χ4n) is 2.24. The van der Waals surface area contributed by atoms with Gasteiger partial charge in [0.15, 0.2) is 5.17 Å². The normalized spacial score (nSPS) is 10.5. The Balaban J connectivity index is 1.86. The summed E-state index contributed by atoms with van der Waals surface area (Å²) in [6, 6.07) is 22.1. The standard InChI is InChI=1S/C18H16N2OS/c19-18(20)22-12-15-7-3-4-8-17(15)21-16-10-9-13-5-1-2-6-14(13)11-16/h1-11H,12H2,(H3,19,20). The van der Waals surface area contributed by atoms with Gasteiger partial charge in [-0.3, -0.25) is 5.41 Å². The molecule has 0 aliphatic rings. The van der Waals surface area contributed by atoms with Crippen LogP contribution in [-0.4, -0.2) is 5.17 Å². The highest BCUT2D eigenvalue weighted by Gasteiger charge is 2.06. The largest absolute Gasteiger partial charge is 0.457 e. The summed E-state index contributed by atoms with van der Waals surface area (Å²) in [6.45, 7) is 0. The lowest BCUT2D eigenvalue weighted by Crippen LogP contribution is -2.04. The van der Waals surface area contributed by atoms with Crippen molar-refractivity contribution in [2.45, 2.75) is 5.75 Å². The fourth-order valence-corrected chi connectivity index (χ4v) is 2.79. The molecular weight excluding hydrogens is 292 g/mol. The lowest BCUT2D eigenvalue weighted by Gasteiger charge is -2.11. The quantitative estimate of drug-likeness (QED) is 0.539. The molecule has 0 aliphatic heterocycles. The summed E-state index contributed by atoms with van der Waals surface area (Å²) >= 11 is 1.29. The minimum absolute atomic E-state index is 0.112. The van der Waals surface area contributed by atoms with Gasteiger partial charge < -0.3 is 10.5 Å². The van der Waals surface area contributed by atoms with Gasteiger partial charge in [-0.25, -0.2) is 0 Å². The number of amidine groups is 1. The van der Waals surface area contributed by atoms with Crippen LogP contribution in [-0.2, 0) is 5.75 Å².